The first-order chi connectivity index (χ1) is 11.5. The fraction of sp³-hybridized carbons (Fsp3) is 0.263. The van der Waals surface area contributed by atoms with Crippen molar-refractivity contribution >= 4 is 24.1 Å². The minimum Gasteiger partial charge on any atom is -0.492 e. The molecule has 0 spiro atoms. The Labute approximate surface area is 154 Å². The molecular weight excluding hydrogens is 338 g/mol. The Morgan fingerprint density at radius 3 is 2.44 bits per heavy atom. The summed E-state index contributed by atoms with van der Waals surface area (Å²) < 4.78 is 5.57. The second-order valence-electron chi connectivity index (χ2n) is 5.82. The highest BCUT2D eigenvalue weighted by Gasteiger charge is 2.06. The predicted octanol–water partition coefficient (Wildman–Crippen LogP) is 3.32. The Bertz CT molecular complexity index is 715. The van der Waals surface area contributed by atoms with Crippen LogP contribution < -0.4 is 15.8 Å². The van der Waals surface area contributed by atoms with E-state index in [9.17, 15) is 4.79 Å². The number of carbonyl (C=O) groups is 1. The van der Waals surface area contributed by atoms with Gasteiger partial charge in [-0.2, -0.15) is 0 Å². The summed E-state index contributed by atoms with van der Waals surface area (Å²) in [5, 5.41) is 10.2. The molecule has 2 rings (SSSR count). The number of nitrogen functional groups attached to an aromatic ring is 1. The van der Waals surface area contributed by atoms with Gasteiger partial charge in [-0.1, -0.05) is 38.1 Å². The molecule has 5 nitrogen and oxygen atoms in total. The third-order valence-corrected chi connectivity index (χ3v) is 3.64. The van der Waals surface area contributed by atoms with Crippen LogP contribution in [0.2, 0.25) is 0 Å². The van der Waals surface area contributed by atoms with Crippen LogP contribution in [0, 0.1) is 5.41 Å². The zero-order valence-corrected chi connectivity index (χ0v) is 15.2. The van der Waals surface area contributed by atoms with E-state index in [2.05, 4.69) is 19.2 Å². The topological polar surface area (TPSA) is 88.2 Å². The van der Waals surface area contributed by atoms with Crippen molar-refractivity contribution < 1.29 is 9.53 Å². The molecule has 134 valence electrons. The molecule has 0 aliphatic rings. The van der Waals surface area contributed by atoms with Gasteiger partial charge in [-0.15, -0.1) is 12.4 Å². The normalized spacial score (nSPS) is 10.0. The first-order valence-corrected chi connectivity index (χ1v) is 7.93. The van der Waals surface area contributed by atoms with Gasteiger partial charge in [-0.05, 0) is 35.7 Å². The standard InChI is InChI=1S/C19H23N3O2.ClH/c1-13(2)14-6-8-15(9-7-14)19(23)22-10-11-24-17-5-3-4-16(12-17)18(20)21;/h3-9,12-13H,10-11H2,1-2H3,(H3,20,21)(H,22,23);1H. The van der Waals surface area contributed by atoms with E-state index in [0.29, 0.717) is 35.9 Å². The van der Waals surface area contributed by atoms with Crippen molar-refractivity contribution in [3.05, 3.63) is 65.2 Å². The van der Waals surface area contributed by atoms with Gasteiger partial charge in [0.25, 0.3) is 5.91 Å². The Hall–Kier alpha value is -2.53. The van der Waals surface area contributed by atoms with Gasteiger partial charge in [-0.25, -0.2) is 0 Å². The quantitative estimate of drug-likeness (QED) is 0.401. The zero-order valence-electron chi connectivity index (χ0n) is 14.4. The van der Waals surface area contributed by atoms with Gasteiger partial charge in [0.2, 0.25) is 0 Å². The molecule has 0 aliphatic heterocycles. The molecule has 0 aliphatic carbocycles. The lowest BCUT2D eigenvalue weighted by Gasteiger charge is -2.10. The highest BCUT2D eigenvalue weighted by atomic mass is 35.5. The van der Waals surface area contributed by atoms with Crippen molar-refractivity contribution in [3.8, 4) is 5.75 Å². The SMILES string of the molecule is CC(C)c1ccc(C(=O)NCCOc2cccc(C(=N)N)c2)cc1.Cl. The predicted molar refractivity (Wildman–Crippen MR) is 103 cm³/mol. The van der Waals surface area contributed by atoms with E-state index >= 15 is 0 Å². The molecule has 0 fully saturated rings. The van der Waals surface area contributed by atoms with Crippen molar-refractivity contribution in [2.24, 2.45) is 5.73 Å². The number of hydrogen-bond donors (Lipinski definition) is 3. The lowest BCUT2D eigenvalue weighted by Crippen LogP contribution is -2.28. The van der Waals surface area contributed by atoms with Gasteiger partial charge in [0.1, 0.15) is 18.2 Å². The third-order valence-electron chi connectivity index (χ3n) is 3.64. The van der Waals surface area contributed by atoms with Gasteiger partial charge in [0.05, 0.1) is 6.54 Å². The van der Waals surface area contributed by atoms with Crippen LogP contribution in [0.1, 0.15) is 41.3 Å². The largest absolute Gasteiger partial charge is 0.492 e. The summed E-state index contributed by atoms with van der Waals surface area (Å²) in [7, 11) is 0. The number of ether oxygens (including phenoxy) is 1. The van der Waals surface area contributed by atoms with Crippen molar-refractivity contribution in [2.75, 3.05) is 13.2 Å². The highest BCUT2D eigenvalue weighted by Crippen LogP contribution is 2.15. The fourth-order valence-corrected chi connectivity index (χ4v) is 2.21. The molecule has 2 aromatic carbocycles. The van der Waals surface area contributed by atoms with Crippen LogP contribution in [0.5, 0.6) is 5.75 Å². The number of benzene rings is 2. The van der Waals surface area contributed by atoms with Gasteiger partial charge in [0, 0.05) is 11.1 Å². The van der Waals surface area contributed by atoms with E-state index in [1.165, 1.54) is 5.56 Å². The number of amides is 1. The molecular formula is C19H24ClN3O2. The van der Waals surface area contributed by atoms with Crippen LogP contribution in [0.25, 0.3) is 0 Å². The van der Waals surface area contributed by atoms with Gasteiger partial charge >= 0.3 is 0 Å². The maximum Gasteiger partial charge on any atom is 0.251 e. The Morgan fingerprint density at radius 1 is 1.16 bits per heavy atom. The minimum absolute atomic E-state index is 0. The third kappa shape index (κ3) is 6.12. The highest BCUT2D eigenvalue weighted by molar-refractivity contribution is 5.95. The van der Waals surface area contributed by atoms with Crippen LogP contribution in [0.3, 0.4) is 0 Å². The van der Waals surface area contributed by atoms with Gasteiger partial charge in [0.15, 0.2) is 0 Å². The van der Waals surface area contributed by atoms with Crippen LogP contribution >= 0.6 is 12.4 Å². The molecule has 6 heteroatoms. The van der Waals surface area contributed by atoms with Crippen molar-refractivity contribution in [2.45, 2.75) is 19.8 Å². The Morgan fingerprint density at radius 2 is 1.84 bits per heavy atom. The van der Waals surface area contributed by atoms with E-state index in [-0.39, 0.29) is 24.1 Å². The number of carbonyl (C=O) groups excluding carboxylic acids is 1. The molecule has 25 heavy (non-hydrogen) atoms. The zero-order chi connectivity index (χ0) is 17.5. The summed E-state index contributed by atoms with van der Waals surface area (Å²) in [4.78, 5) is 12.1. The maximum absolute atomic E-state index is 12.1. The summed E-state index contributed by atoms with van der Waals surface area (Å²) >= 11 is 0. The smallest absolute Gasteiger partial charge is 0.251 e. The molecule has 0 aromatic heterocycles. The first-order valence-electron chi connectivity index (χ1n) is 7.93. The van der Waals surface area contributed by atoms with Crippen LogP contribution in [0.4, 0.5) is 0 Å². The van der Waals surface area contributed by atoms with Crippen molar-refractivity contribution in [3.63, 3.8) is 0 Å². The average molecular weight is 362 g/mol. The summed E-state index contributed by atoms with van der Waals surface area (Å²) in [6.45, 7) is 4.98. The second kappa shape index (κ2) is 9.69. The summed E-state index contributed by atoms with van der Waals surface area (Å²) in [5.74, 6) is 0.949. The maximum atomic E-state index is 12.1. The summed E-state index contributed by atoms with van der Waals surface area (Å²) in [6, 6.07) is 14.6. The Kier molecular flexibility index (Phi) is 7.95. The van der Waals surface area contributed by atoms with E-state index in [0.717, 1.165) is 0 Å². The molecule has 0 heterocycles. The molecule has 0 saturated heterocycles. The summed E-state index contributed by atoms with van der Waals surface area (Å²) in [6.07, 6.45) is 0. The molecule has 0 unspecified atom stereocenters. The number of nitrogens with one attached hydrogen (secondary N) is 2. The molecule has 4 N–H and O–H groups in total. The number of rotatable bonds is 7. The molecule has 0 saturated carbocycles. The number of nitrogens with two attached hydrogens (primary N) is 1. The Balaban J connectivity index is 0.00000312. The molecule has 1 amide bonds. The first kappa shape index (κ1) is 20.5. The monoisotopic (exact) mass is 361 g/mol. The lowest BCUT2D eigenvalue weighted by molar-refractivity contribution is 0.0947. The van der Waals surface area contributed by atoms with E-state index in [1.54, 1.807) is 24.3 Å². The second-order valence-corrected chi connectivity index (χ2v) is 5.82. The lowest BCUT2D eigenvalue weighted by atomic mass is 10.0. The van der Waals surface area contributed by atoms with Gasteiger partial charge < -0.3 is 15.8 Å². The van der Waals surface area contributed by atoms with Crippen molar-refractivity contribution in [1.29, 1.82) is 5.41 Å². The van der Waals surface area contributed by atoms with Crippen molar-refractivity contribution in [1.82, 2.24) is 5.32 Å². The molecule has 0 bridgehead atoms. The average Bonchev–Trinajstić information content (AvgIpc) is 2.59. The minimum atomic E-state index is -0.119. The number of amidine groups is 1. The fourth-order valence-electron chi connectivity index (χ4n) is 2.21. The summed E-state index contributed by atoms with van der Waals surface area (Å²) in [5.41, 5.74) is 7.90. The van der Waals surface area contributed by atoms with E-state index in [1.807, 2.05) is 24.3 Å². The molecule has 0 radical (unpaired) electrons. The van der Waals surface area contributed by atoms with Gasteiger partial charge in [-0.3, -0.25) is 10.2 Å². The molecule has 2 aromatic rings. The number of halogens is 1. The van der Waals surface area contributed by atoms with E-state index in [4.69, 9.17) is 15.9 Å². The van der Waals surface area contributed by atoms with E-state index < -0.39 is 0 Å². The van der Waals surface area contributed by atoms with Crippen LogP contribution in [-0.2, 0) is 0 Å². The van der Waals surface area contributed by atoms with Crippen LogP contribution in [0.15, 0.2) is 48.5 Å². The molecule has 0 atom stereocenters. The number of hydrogen-bond acceptors (Lipinski definition) is 3. The van der Waals surface area contributed by atoms with Crippen LogP contribution in [-0.4, -0.2) is 24.9 Å².